The van der Waals surface area contributed by atoms with E-state index in [0.29, 0.717) is 6.42 Å². The zero-order valence-electron chi connectivity index (χ0n) is 55.0. The fraction of sp³-hybridized carbons (Fsp3) is 0.863. The lowest BCUT2D eigenvalue weighted by atomic mass is 10.0. The summed E-state index contributed by atoms with van der Waals surface area (Å²) in [6.45, 7) is 3.68. The molecular formula is C73H138NO8P. The first-order valence-electron chi connectivity index (χ1n) is 36.1. The third-order valence-corrected chi connectivity index (χ3v) is 17.2. The summed E-state index contributed by atoms with van der Waals surface area (Å²) >= 11 is 0. The fourth-order valence-corrected chi connectivity index (χ4v) is 11.7. The number of hydrogen-bond acceptors (Lipinski definition) is 8. The molecule has 0 aromatic rings. The highest BCUT2D eigenvalue weighted by molar-refractivity contribution is 7.47. The summed E-state index contributed by atoms with van der Waals surface area (Å²) in [4.78, 5) is 35.3. The number of carbonyl (C=O) groups is 2. The minimum atomic E-state index is -4.39. The van der Waals surface area contributed by atoms with Crippen molar-refractivity contribution in [3.8, 4) is 0 Å². The molecule has 0 heterocycles. The monoisotopic (exact) mass is 1190 g/mol. The molecule has 488 valence electrons. The molecule has 3 N–H and O–H groups in total. The van der Waals surface area contributed by atoms with E-state index in [0.717, 1.165) is 70.6 Å². The van der Waals surface area contributed by atoms with Gasteiger partial charge in [0.05, 0.1) is 13.2 Å². The third kappa shape index (κ3) is 68.9. The van der Waals surface area contributed by atoms with Gasteiger partial charge >= 0.3 is 19.8 Å². The lowest BCUT2D eigenvalue weighted by Gasteiger charge is -2.19. The molecule has 83 heavy (non-hydrogen) atoms. The van der Waals surface area contributed by atoms with Crippen LogP contribution in [0.1, 0.15) is 373 Å². The quantitative estimate of drug-likeness (QED) is 0.0264. The smallest absolute Gasteiger partial charge is 0.462 e. The van der Waals surface area contributed by atoms with E-state index in [1.54, 1.807) is 0 Å². The van der Waals surface area contributed by atoms with Crippen molar-refractivity contribution >= 4 is 19.8 Å². The SMILES string of the molecule is CC/C=C\C/C=C\C/C=C\C/C=C\CCCCCCCCCCC(=O)OC(COC(=O)CCCCCCCCCCCCCCCCCCCCCCCCCCCCCCCCCCCCCCCCCCC)COP(=O)(O)OCCN. The van der Waals surface area contributed by atoms with Gasteiger partial charge in [-0.15, -0.1) is 0 Å². The van der Waals surface area contributed by atoms with Gasteiger partial charge in [-0.2, -0.15) is 0 Å². The largest absolute Gasteiger partial charge is 0.472 e. The summed E-state index contributed by atoms with van der Waals surface area (Å²) < 4.78 is 33.1. The van der Waals surface area contributed by atoms with E-state index in [1.165, 1.54) is 270 Å². The van der Waals surface area contributed by atoms with Gasteiger partial charge in [-0.1, -0.05) is 358 Å². The lowest BCUT2D eigenvalue weighted by molar-refractivity contribution is -0.161. The molecule has 0 saturated heterocycles. The van der Waals surface area contributed by atoms with Crippen molar-refractivity contribution < 1.29 is 37.6 Å². The number of unbranched alkanes of at least 4 members (excludes halogenated alkanes) is 48. The summed E-state index contributed by atoms with van der Waals surface area (Å²) in [5.41, 5.74) is 5.40. The Balaban J connectivity index is 3.73. The first-order valence-corrected chi connectivity index (χ1v) is 37.6. The number of phosphoric acid groups is 1. The van der Waals surface area contributed by atoms with Crippen molar-refractivity contribution in [1.29, 1.82) is 0 Å². The highest BCUT2D eigenvalue weighted by atomic mass is 31.2. The van der Waals surface area contributed by atoms with Crippen LogP contribution in [-0.4, -0.2) is 49.3 Å². The maximum atomic E-state index is 12.7. The summed E-state index contributed by atoms with van der Waals surface area (Å²) in [6.07, 6.45) is 88.2. The number of esters is 2. The highest BCUT2D eigenvalue weighted by Gasteiger charge is 2.26. The van der Waals surface area contributed by atoms with E-state index in [9.17, 15) is 19.0 Å². The van der Waals surface area contributed by atoms with Gasteiger partial charge in [-0.05, 0) is 51.4 Å². The fourth-order valence-electron chi connectivity index (χ4n) is 10.9. The molecule has 2 atom stereocenters. The van der Waals surface area contributed by atoms with Gasteiger partial charge in [-0.25, -0.2) is 4.57 Å². The van der Waals surface area contributed by atoms with Gasteiger partial charge in [0.15, 0.2) is 6.10 Å². The second kappa shape index (κ2) is 69.1. The number of rotatable bonds is 69. The number of hydrogen-bond donors (Lipinski definition) is 2. The van der Waals surface area contributed by atoms with E-state index in [1.807, 2.05) is 0 Å². The summed E-state index contributed by atoms with van der Waals surface area (Å²) in [5, 5.41) is 0. The van der Waals surface area contributed by atoms with Crippen LogP contribution in [0.4, 0.5) is 0 Å². The Morgan fingerprint density at radius 1 is 0.373 bits per heavy atom. The average molecular weight is 1190 g/mol. The number of carbonyl (C=O) groups excluding carboxylic acids is 2. The van der Waals surface area contributed by atoms with Gasteiger partial charge in [0.25, 0.3) is 0 Å². The van der Waals surface area contributed by atoms with E-state index in [2.05, 4.69) is 62.5 Å². The molecule has 0 aromatic carbocycles. The van der Waals surface area contributed by atoms with Crippen LogP contribution in [0.15, 0.2) is 48.6 Å². The molecule has 0 bridgehead atoms. The van der Waals surface area contributed by atoms with Crippen molar-refractivity contribution in [2.75, 3.05) is 26.4 Å². The zero-order chi connectivity index (χ0) is 60.1. The minimum Gasteiger partial charge on any atom is -0.462 e. The Labute approximate surface area is 515 Å². The van der Waals surface area contributed by atoms with Gasteiger partial charge in [0.2, 0.25) is 0 Å². The van der Waals surface area contributed by atoms with Crippen molar-refractivity contribution in [2.24, 2.45) is 5.73 Å². The van der Waals surface area contributed by atoms with Crippen LogP contribution in [0.3, 0.4) is 0 Å². The second-order valence-corrected chi connectivity index (χ2v) is 25.9. The average Bonchev–Trinajstić information content (AvgIpc) is 3.49. The Morgan fingerprint density at radius 3 is 0.988 bits per heavy atom. The van der Waals surface area contributed by atoms with E-state index >= 15 is 0 Å². The topological polar surface area (TPSA) is 134 Å². The predicted molar refractivity (Wildman–Crippen MR) is 358 cm³/mol. The maximum Gasteiger partial charge on any atom is 0.472 e. The highest BCUT2D eigenvalue weighted by Crippen LogP contribution is 2.43. The van der Waals surface area contributed by atoms with E-state index in [4.69, 9.17) is 24.3 Å². The summed E-state index contributed by atoms with van der Waals surface area (Å²) in [7, 11) is -4.39. The van der Waals surface area contributed by atoms with Gasteiger partial charge in [0, 0.05) is 19.4 Å². The van der Waals surface area contributed by atoms with Crippen LogP contribution in [0.25, 0.3) is 0 Å². The molecule has 0 fully saturated rings. The Bertz CT molecular complexity index is 1500. The molecular weight excluding hydrogens is 1050 g/mol. The molecule has 2 unspecified atom stereocenters. The van der Waals surface area contributed by atoms with Crippen LogP contribution in [0.5, 0.6) is 0 Å². The molecule has 0 rings (SSSR count). The number of nitrogens with two attached hydrogens (primary N) is 1. The molecule has 0 saturated carbocycles. The molecule has 0 aromatic heterocycles. The minimum absolute atomic E-state index is 0.0520. The second-order valence-electron chi connectivity index (χ2n) is 24.4. The first-order chi connectivity index (χ1) is 40.8. The molecule has 10 heteroatoms. The van der Waals surface area contributed by atoms with Crippen molar-refractivity contribution in [3.05, 3.63) is 48.6 Å². The van der Waals surface area contributed by atoms with Crippen LogP contribution in [-0.2, 0) is 32.7 Å². The zero-order valence-corrected chi connectivity index (χ0v) is 55.8. The number of phosphoric ester groups is 1. The maximum absolute atomic E-state index is 12.7. The van der Waals surface area contributed by atoms with Gasteiger partial charge in [0.1, 0.15) is 6.61 Å². The van der Waals surface area contributed by atoms with Crippen LogP contribution in [0, 0.1) is 0 Å². The molecule has 0 amide bonds. The van der Waals surface area contributed by atoms with E-state index in [-0.39, 0.29) is 38.6 Å². The molecule has 0 aliphatic heterocycles. The van der Waals surface area contributed by atoms with Gasteiger partial charge < -0.3 is 20.1 Å². The Hall–Kier alpha value is -2.03. The molecule has 0 radical (unpaired) electrons. The van der Waals surface area contributed by atoms with Crippen molar-refractivity contribution in [2.45, 2.75) is 380 Å². The Kier molecular flexibility index (Phi) is 67.4. The standard InChI is InChI=1S/C73H138NO8P/c1-3-5-7-9-11-13-15-17-19-21-23-25-26-27-28-29-30-31-32-33-34-35-36-37-38-39-40-41-42-43-44-46-47-49-51-53-55-57-59-61-63-65-72(75)79-69-71(70-81-83(77,78)80-68-67-74)82-73(76)66-64-62-60-58-56-54-52-50-48-45-24-22-20-18-16-14-12-10-8-6-4-2/h6,8,12,14,18,20,24,45,71H,3-5,7,9-11,13,15-17,19,21-23,25-44,46-70,74H2,1-2H3,(H,77,78)/b8-6-,14-12-,20-18-,45-24-. The molecule has 0 spiro atoms. The molecule has 0 aliphatic carbocycles. The number of ether oxygens (including phenoxy) is 2. The van der Waals surface area contributed by atoms with Crippen LogP contribution < -0.4 is 5.73 Å². The van der Waals surface area contributed by atoms with E-state index < -0.39 is 26.5 Å². The van der Waals surface area contributed by atoms with Crippen molar-refractivity contribution in [3.63, 3.8) is 0 Å². The molecule has 9 nitrogen and oxygen atoms in total. The molecule has 0 aliphatic rings. The third-order valence-electron chi connectivity index (χ3n) is 16.2. The van der Waals surface area contributed by atoms with Crippen LogP contribution >= 0.6 is 7.82 Å². The lowest BCUT2D eigenvalue weighted by Crippen LogP contribution is -2.29. The number of allylic oxidation sites excluding steroid dienone is 8. The normalized spacial score (nSPS) is 13.2. The predicted octanol–water partition coefficient (Wildman–Crippen LogP) is 23.6. The van der Waals surface area contributed by atoms with Crippen LogP contribution in [0.2, 0.25) is 0 Å². The van der Waals surface area contributed by atoms with Gasteiger partial charge in [-0.3, -0.25) is 18.6 Å². The first kappa shape index (κ1) is 81.0. The summed E-state index contributed by atoms with van der Waals surface area (Å²) in [5.74, 6) is -0.822. The summed E-state index contributed by atoms with van der Waals surface area (Å²) in [6, 6.07) is 0. The Morgan fingerprint density at radius 2 is 0.663 bits per heavy atom. The van der Waals surface area contributed by atoms with Crippen molar-refractivity contribution in [1.82, 2.24) is 0 Å².